The van der Waals surface area contributed by atoms with Gasteiger partial charge in [0.1, 0.15) is 6.79 Å². The van der Waals surface area contributed by atoms with Gasteiger partial charge in [-0.25, -0.2) is 0 Å². The van der Waals surface area contributed by atoms with Crippen LogP contribution >= 0.6 is 0 Å². The highest BCUT2D eigenvalue weighted by Gasteiger charge is 2.24. The van der Waals surface area contributed by atoms with Crippen LogP contribution in [0.5, 0.6) is 0 Å². The van der Waals surface area contributed by atoms with Crippen molar-refractivity contribution in [2.75, 3.05) is 52.6 Å². The number of carbonyl (C=O) groups is 1. The molecule has 7 nitrogen and oxygen atoms in total. The molecule has 0 saturated carbocycles. The van der Waals surface area contributed by atoms with E-state index in [2.05, 4.69) is 58.9 Å². The molecule has 42 heavy (non-hydrogen) atoms. The number of nitrogens with zero attached hydrogens (tertiary/aromatic N) is 1. The summed E-state index contributed by atoms with van der Waals surface area (Å²) in [7, 11) is 3.17. The van der Waals surface area contributed by atoms with Crippen molar-refractivity contribution in [2.45, 2.75) is 87.1 Å². The Morgan fingerprint density at radius 3 is 2.07 bits per heavy atom. The van der Waals surface area contributed by atoms with Crippen molar-refractivity contribution >= 4 is 11.6 Å². The van der Waals surface area contributed by atoms with Crippen LogP contribution in [0.25, 0.3) is 0 Å². The molecule has 1 saturated heterocycles. The van der Waals surface area contributed by atoms with Crippen LogP contribution < -0.4 is 10.6 Å². The number of aromatic nitrogens is 1. The minimum absolute atomic E-state index is 0. The molecule has 2 aromatic rings. The fraction of sp³-hybridized carbons (Fsp3) is 0.606. The highest BCUT2D eigenvalue weighted by Crippen LogP contribution is 2.28. The molecule has 0 bridgehead atoms. The van der Waals surface area contributed by atoms with E-state index in [1.165, 1.54) is 5.69 Å². The summed E-state index contributed by atoms with van der Waals surface area (Å²) in [5.41, 5.74) is 4.96. The van der Waals surface area contributed by atoms with Crippen LogP contribution in [0.2, 0.25) is 0 Å². The molecule has 9 heteroatoms. The maximum atomic E-state index is 12.9. The number of rotatable bonds is 8. The van der Waals surface area contributed by atoms with Gasteiger partial charge in [0.25, 0.3) is 5.91 Å². The van der Waals surface area contributed by atoms with Crippen molar-refractivity contribution < 1.29 is 29.6 Å². The summed E-state index contributed by atoms with van der Waals surface area (Å²) >= 11 is 0. The zero-order valence-electron chi connectivity index (χ0n) is 28.2. The van der Waals surface area contributed by atoms with Gasteiger partial charge in [0, 0.05) is 66.9 Å². The average Bonchev–Trinajstić information content (AvgIpc) is 3.35. The Hall–Kier alpha value is -2.59. The fourth-order valence-electron chi connectivity index (χ4n) is 3.78. The van der Waals surface area contributed by atoms with E-state index in [0.717, 1.165) is 68.2 Å². The van der Waals surface area contributed by atoms with Crippen LogP contribution in [-0.2, 0) is 32.6 Å². The van der Waals surface area contributed by atoms with Gasteiger partial charge >= 0.3 is 0 Å². The molecular weight excluding hydrogens is 540 g/mol. The Labute approximate surface area is 256 Å². The van der Waals surface area contributed by atoms with Crippen molar-refractivity contribution in [1.82, 2.24) is 9.88 Å². The number of benzene rings is 1. The van der Waals surface area contributed by atoms with E-state index in [9.17, 15) is 4.79 Å². The molecule has 0 aliphatic carbocycles. The monoisotopic (exact) mass is 601 g/mol. The SMILES string of the molecule is C1COCCN1.C=CCc1cccc(NC(=O)c2cc(C(C)(C)C)n(CCC)c2C)c1.CC.CC.COCOC.FF.[HH]. The molecule has 1 aromatic carbocycles. The van der Waals surface area contributed by atoms with Crippen molar-refractivity contribution in [3.63, 3.8) is 0 Å². The highest BCUT2D eigenvalue weighted by molar-refractivity contribution is 6.05. The molecule has 246 valence electrons. The second-order valence-electron chi connectivity index (χ2n) is 9.64. The Balaban J connectivity index is -0.000000348. The standard InChI is InChI=1S/C22H30N2O.C4H9NO.C3H8O2.2C2H6.F2.H2/c1-7-10-17-11-9-12-18(14-17)23-21(25)19-15-20(22(4,5)6)24(13-8-2)16(19)3;1-3-6-4-2-5-1;1-4-3-5-2;3*1-2;/h7,9,11-12,14-15H,1,8,10,13H2,2-6H3,(H,23,25);5H,1-4H2;3H2,1-2H3;2*1-2H3;;1H. The first-order valence-electron chi connectivity index (χ1n) is 14.8. The van der Waals surface area contributed by atoms with Gasteiger partial charge in [-0.05, 0) is 43.5 Å². The number of anilines is 1. The van der Waals surface area contributed by atoms with Crippen molar-refractivity contribution in [3.05, 3.63) is 65.5 Å². The zero-order chi connectivity index (χ0) is 33.0. The van der Waals surface area contributed by atoms with E-state index >= 15 is 0 Å². The number of hydrogen-bond acceptors (Lipinski definition) is 5. The minimum Gasteiger partial charge on any atom is -0.379 e. The van der Waals surface area contributed by atoms with E-state index in [0.29, 0.717) is 6.79 Å². The largest absolute Gasteiger partial charge is 0.379 e. The van der Waals surface area contributed by atoms with Crippen molar-refractivity contribution in [1.29, 1.82) is 0 Å². The number of nitrogens with one attached hydrogen (secondary N) is 2. The van der Waals surface area contributed by atoms with Crippen LogP contribution in [0.3, 0.4) is 0 Å². The lowest BCUT2D eigenvalue weighted by Gasteiger charge is -2.22. The molecule has 2 N–H and O–H groups in total. The number of ether oxygens (including phenoxy) is 3. The topological polar surface area (TPSA) is 73.8 Å². The zero-order valence-corrected chi connectivity index (χ0v) is 28.2. The summed E-state index contributed by atoms with van der Waals surface area (Å²) in [6.07, 6.45) is 3.71. The quantitative estimate of drug-likeness (QED) is 0.235. The predicted octanol–water partition coefficient (Wildman–Crippen LogP) is 8.47. The molecule has 2 heterocycles. The maximum Gasteiger partial charge on any atom is 0.257 e. The first-order valence-corrected chi connectivity index (χ1v) is 14.8. The number of allylic oxidation sites excluding steroid dienone is 1. The number of halogens is 2. The van der Waals surface area contributed by atoms with Gasteiger partial charge in [-0.2, -0.15) is 0 Å². The molecule has 0 atom stereocenters. The summed E-state index contributed by atoms with van der Waals surface area (Å²) in [5.74, 6) is -0.0476. The first kappa shape index (κ1) is 43.9. The third-order valence-electron chi connectivity index (χ3n) is 5.47. The minimum atomic E-state index is -0.0476. The first-order chi connectivity index (χ1) is 20.2. The lowest BCUT2D eigenvalue weighted by molar-refractivity contribution is -0.00272. The fourth-order valence-corrected chi connectivity index (χ4v) is 3.78. The van der Waals surface area contributed by atoms with Crippen molar-refractivity contribution in [2.24, 2.45) is 0 Å². The molecule has 0 radical (unpaired) electrons. The second-order valence-corrected chi connectivity index (χ2v) is 9.64. The Bertz CT molecular complexity index is 918. The van der Waals surface area contributed by atoms with Crippen LogP contribution in [-0.4, -0.2) is 57.8 Å². The molecule has 3 rings (SSSR count). The van der Waals surface area contributed by atoms with Crippen LogP contribution in [0, 0.1) is 6.92 Å². The van der Waals surface area contributed by atoms with Gasteiger partial charge in [-0.1, -0.05) is 73.6 Å². The Morgan fingerprint density at radius 2 is 1.69 bits per heavy atom. The summed E-state index contributed by atoms with van der Waals surface area (Å²) in [6, 6.07) is 9.98. The van der Waals surface area contributed by atoms with Gasteiger partial charge in [0.2, 0.25) is 0 Å². The Morgan fingerprint density at radius 1 is 1.12 bits per heavy atom. The number of carbonyl (C=O) groups excluding carboxylic acids is 1. The Kier molecular flexibility index (Phi) is 29.8. The lowest BCUT2D eigenvalue weighted by atomic mass is 9.92. The molecule has 1 aliphatic heterocycles. The highest BCUT2D eigenvalue weighted by atomic mass is 20.0. The van der Waals surface area contributed by atoms with Crippen LogP contribution in [0.4, 0.5) is 14.8 Å². The van der Waals surface area contributed by atoms with Gasteiger partial charge in [0.15, 0.2) is 0 Å². The van der Waals surface area contributed by atoms with E-state index in [1.54, 1.807) is 14.2 Å². The third-order valence-corrected chi connectivity index (χ3v) is 5.47. The van der Waals surface area contributed by atoms with Gasteiger partial charge in [-0.3, -0.25) is 4.79 Å². The second kappa shape index (κ2) is 28.5. The van der Waals surface area contributed by atoms with Crippen LogP contribution in [0.1, 0.15) is 90.5 Å². The number of hydrogen-bond donors (Lipinski definition) is 2. The molecule has 1 amide bonds. The molecule has 0 unspecified atom stereocenters. The lowest BCUT2D eigenvalue weighted by Crippen LogP contribution is -2.30. The third kappa shape index (κ3) is 18.8. The molecule has 1 aromatic heterocycles. The van der Waals surface area contributed by atoms with E-state index in [1.807, 2.05) is 71.0 Å². The van der Waals surface area contributed by atoms with E-state index < -0.39 is 0 Å². The summed E-state index contributed by atoms with van der Waals surface area (Å²) in [5, 5.41) is 6.21. The van der Waals surface area contributed by atoms with Gasteiger partial charge in [0.05, 0.1) is 18.8 Å². The number of amides is 1. The van der Waals surface area contributed by atoms with Crippen molar-refractivity contribution in [3.8, 4) is 0 Å². The molecule has 0 spiro atoms. The summed E-state index contributed by atoms with van der Waals surface area (Å²) in [4.78, 5) is 12.9. The number of morpholine rings is 1. The van der Waals surface area contributed by atoms with Gasteiger partial charge in [-0.15, -0.1) is 6.58 Å². The smallest absolute Gasteiger partial charge is 0.257 e. The predicted molar refractivity (Wildman–Crippen MR) is 176 cm³/mol. The maximum absolute atomic E-state index is 12.9. The molecular formula is C33H61F2N3O4. The average molecular weight is 602 g/mol. The van der Waals surface area contributed by atoms with E-state index in [-0.39, 0.29) is 12.7 Å². The number of methoxy groups -OCH3 is 2. The summed E-state index contributed by atoms with van der Waals surface area (Å²) in [6.45, 7) is 27.7. The normalized spacial score (nSPS) is 11.6. The van der Waals surface area contributed by atoms with Crippen LogP contribution in [0.15, 0.2) is 43.0 Å². The molecule has 1 aliphatic rings. The summed E-state index contributed by atoms with van der Waals surface area (Å²) < 4.78 is 32.2. The van der Waals surface area contributed by atoms with E-state index in [4.69, 9.17) is 13.9 Å². The molecule has 1 fully saturated rings. The van der Waals surface area contributed by atoms with Gasteiger partial charge < -0.3 is 29.4 Å².